The fourth-order valence-corrected chi connectivity index (χ4v) is 3.15. The minimum atomic E-state index is -1.31. The summed E-state index contributed by atoms with van der Waals surface area (Å²) in [5.41, 5.74) is 0.162. The zero-order chi connectivity index (χ0) is 15.8. The van der Waals surface area contributed by atoms with Gasteiger partial charge in [0, 0.05) is 34.8 Å². The van der Waals surface area contributed by atoms with Gasteiger partial charge in [-0.3, -0.25) is 0 Å². The predicted octanol–water partition coefficient (Wildman–Crippen LogP) is 3.70. The van der Waals surface area contributed by atoms with Crippen LogP contribution in [0.2, 0.25) is 0 Å². The average molecular weight is 422 g/mol. The average Bonchev–Trinajstić information content (AvgIpc) is 2.35. The molecule has 0 bridgehead atoms. The third kappa shape index (κ3) is 3.35. The number of hydrogen-bond acceptors (Lipinski definition) is 4. The number of rotatable bonds is 2. The minimum absolute atomic E-state index is 0.108. The van der Waals surface area contributed by atoms with E-state index < -0.39 is 23.5 Å². The maximum absolute atomic E-state index is 14.3. The number of alkyl halides is 1. The molecular weight excluding hydrogens is 411 g/mol. The lowest BCUT2D eigenvalue weighted by Crippen LogP contribution is -2.41. The molecule has 112 valence electrons. The van der Waals surface area contributed by atoms with Crippen molar-refractivity contribution in [2.75, 3.05) is 0 Å². The van der Waals surface area contributed by atoms with Crippen molar-refractivity contribution < 1.29 is 23.5 Å². The van der Waals surface area contributed by atoms with E-state index >= 15 is 0 Å². The highest BCUT2D eigenvalue weighted by atomic mass is 79.9. The Labute approximate surface area is 137 Å². The zero-order valence-corrected chi connectivity index (χ0v) is 14.4. The van der Waals surface area contributed by atoms with Gasteiger partial charge < -0.3 is 9.47 Å². The molecule has 1 aromatic carbocycles. The fourth-order valence-electron chi connectivity index (χ4n) is 1.78. The third-order valence-corrected chi connectivity index (χ3v) is 4.07. The number of ether oxygens (including phenoxy) is 2. The van der Waals surface area contributed by atoms with Crippen LogP contribution in [0.3, 0.4) is 0 Å². The van der Waals surface area contributed by atoms with Crippen molar-refractivity contribution in [1.82, 2.24) is 0 Å². The molecule has 2 rings (SSSR count). The smallest absolute Gasteiger partial charge is 0.348 e. The predicted molar refractivity (Wildman–Crippen MR) is 81.0 cm³/mol. The van der Waals surface area contributed by atoms with Crippen molar-refractivity contribution in [3.8, 4) is 0 Å². The van der Waals surface area contributed by atoms with E-state index in [4.69, 9.17) is 9.47 Å². The molecule has 0 aromatic heterocycles. The number of carbonyl (C=O) groups excluding carboxylic acids is 2. The summed E-state index contributed by atoms with van der Waals surface area (Å²) in [4.78, 5) is 23.7. The van der Waals surface area contributed by atoms with E-state index in [1.807, 2.05) is 0 Å². The highest BCUT2D eigenvalue weighted by molar-refractivity contribution is 9.10. The van der Waals surface area contributed by atoms with Gasteiger partial charge in [-0.15, -0.1) is 0 Å². The summed E-state index contributed by atoms with van der Waals surface area (Å²) in [6, 6.07) is 3.09. The summed E-state index contributed by atoms with van der Waals surface area (Å²) in [6.45, 7) is 2.89. The van der Waals surface area contributed by atoms with Gasteiger partial charge in [-0.1, -0.05) is 37.9 Å². The Morgan fingerprint density at radius 3 is 2.33 bits per heavy atom. The van der Waals surface area contributed by atoms with Gasteiger partial charge in [-0.25, -0.2) is 14.0 Å². The van der Waals surface area contributed by atoms with Gasteiger partial charge >= 0.3 is 11.9 Å². The number of hydrogen-bond donors (Lipinski definition) is 0. The van der Waals surface area contributed by atoms with Crippen LogP contribution in [0.4, 0.5) is 4.39 Å². The SMILES string of the molecule is CC1(C)OC(=O)C(=Cc2ccc(Br)c(CBr)c2F)C(=O)O1. The second kappa shape index (κ2) is 5.88. The lowest BCUT2D eigenvalue weighted by atomic mass is 10.1. The molecule has 1 aliphatic heterocycles. The van der Waals surface area contributed by atoms with Crippen LogP contribution in [0.25, 0.3) is 6.08 Å². The van der Waals surface area contributed by atoms with Gasteiger partial charge in [0.15, 0.2) is 0 Å². The van der Waals surface area contributed by atoms with Gasteiger partial charge in [0.05, 0.1) is 0 Å². The first kappa shape index (κ1) is 16.2. The van der Waals surface area contributed by atoms with Crippen molar-refractivity contribution in [3.63, 3.8) is 0 Å². The first-order valence-electron chi connectivity index (χ1n) is 5.96. The van der Waals surface area contributed by atoms with Crippen molar-refractivity contribution in [2.45, 2.75) is 25.0 Å². The van der Waals surface area contributed by atoms with Crippen molar-refractivity contribution >= 4 is 49.9 Å². The van der Waals surface area contributed by atoms with E-state index in [2.05, 4.69) is 31.9 Å². The second-order valence-corrected chi connectivity index (χ2v) is 6.21. The van der Waals surface area contributed by atoms with Crippen molar-refractivity contribution in [1.29, 1.82) is 0 Å². The molecule has 0 radical (unpaired) electrons. The lowest BCUT2D eigenvalue weighted by molar-refractivity contribution is -0.222. The number of cyclic esters (lactones) is 2. The van der Waals surface area contributed by atoms with Crippen LogP contribution >= 0.6 is 31.9 Å². The Bertz CT molecular complexity index is 631. The summed E-state index contributed by atoms with van der Waals surface area (Å²) in [5, 5.41) is 0.290. The molecule has 1 heterocycles. The Kier molecular flexibility index (Phi) is 4.53. The molecule has 1 aliphatic rings. The molecule has 1 aromatic rings. The summed E-state index contributed by atoms with van der Waals surface area (Å²) in [6.07, 6.45) is 1.13. The fraction of sp³-hybridized carbons (Fsp3) is 0.286. The van der Waals surface area contributed by atoms with Gasteiger partial charge in [0.1, 0.15) is 11.4 Å². The Hall–Kier alpha value is -1.21. The summed E-state index contributed by atoms with van der Waals surface area (Å²) < 4.78 is 24.8. The number of esters is 2. The summed E-state index contributed by atoms with van der Waals surface area (Å²) in [7, 11) is 0. The molecule has 0 spiro atoms. The number of carbonyl (C=O) groups is 2. The maximum atomic E-state index is 14.3. The van der Waals surface area contributed by atoms with Gasteiger partial charge in [-0.2, -0.15) is 0 Å². The Morgan fingerprint density at radius 2 is 1.81 bits per heavy atom. The van der Waals surface area contributed by atoms with Crippen LogP contribution < -0.4 is 0 Å². The Balaban J connectivity index is 2.45. The zero-order valence-electron chi connectivity index (χ0n) is 11.2. The van der Waals surface area contributed by atoms with E-state index in [1.165, 1.54) is 19.9 Å². The highest BCUT2D eigenvalue weighted by Crippen LogP contribution is 2.28. The molecule has 0 aliphatic carbocycles. The molecule has 0 unspecified atom stereocenters. The molecular formula is C14H11Br2FO4. The second-order valence-electron chi connectivity index (χ2n) is 4.80. The normalized spacial score (nSPS) is 17.3. The standard InChI is InChI=1S/C14H11Br2FO4/c1-14(2)20-12(18)8(13(19)21-14)5-7-3-4-10(16)9(6-15)11(7)17/h3-5H,6H2,1-2H3. The van der Waals surface area contributed by atoms with Crippen LogP contribution in [-0.4, -0.2) is 17.7 Å². The van der Waals surface area contributed by atoms with Crippen LogP contribution in [0.5, 0.6) is 0 Å². The summed E-state index contributed by atoms with van der Waals surface area (Å²) in [5.74, 6) is -3.51. The maximum Gasteiger partial charge on any atom is 0.348 e. The molecule has 21 heavy (non-hydrogen) atoms. The van der Waals surface area contributed by atoms with Crippen LogP contribution in [0.15, 0.2) is 22.2 Å². The van der Waals surface area contributed by atoms with Crippen LogP contribution in [0.1, 0.15) is 25.0 Å². The molecule has 1 saturated heterocycles. The van der Waals surface area contributed by atoms with E-state index in [9.17, 15) is 14.0 Å². The monoisotopic (exact) mass is 420 g/mol. The van der Waals surface area contributed by atoms with Gasteiger partial charge in [0.25, 0.3) is 5.79 Å². The van der Waals surface area contributed by atoms with Crippen LogP contribution in [-0.2, 0) is 24.4 Å². The van der Waals surface area contributed by atoms with Crippen molar-refractivity contribution in [3.05, 3.63) is 39.1 Å². The van der Waals surface area contributed by atoms with E-state index in [1.54, 1.807) is 6.07 Å². The lowest BCUT2D eigenvalue weighted by Gasteiger charge is -2.29. The molecule has 4 nitrogen and oxygen atoms in total. The topological polar surface area (TPSA) is 52.6 Å². The van der Waals surface area contributed by atoms with Gasteiger partial charge in [-0.05, 0) is 12.1 Å². The molecule has 1 fully saturated rings. The molecule has 0 N–H and O–H groups in total. The molecule has 7 heteroatoms. The van der Waals surface area contributed by atoms with E-state index in [-0.39, 0.29) is 11.1 Å². The quantitative estimate of drug-likeness (QED) is 0.316. The Morgan fingerprint density at radius 1 is 1.24 bits per heavy atom. The molecule has 0 saturated carbocycles. The molecule has 0 amide bonds. The van der Waals surface area contributed by atoms with E-state index in [0.29, 0.717) is 15.4 Å². The van der Waals surface area contributed by atoms with Crippen LogP contribution in [0, 0.1) is 5.82 Å². The number of benzene rings is 1. The largest absolute Gasteiger partial charge is 0.419 e. The highest BCUT2D eigenvalue weighted by Gasteiger charge is 2.39. The minimum Gasteiger partial charge on any atom is -0.419 e. The number of halogens is 3. The first-order valence-corrected chi connectivity index (χ1v) is 7.88. The van der Waals surface area contributed by atoms with Gasteiger partial charge in [0.2, 0.25) is 0 Å². The summed E-state index contributed by atoms with van der Waals surface area (Å²) >= 11 is 6.41. The van der Waals surface area contributed by atoms with Crippen molar-refractivity contribution in [2.24, 2.45) is 0 Å². The first-order chi connectivity index (χ1) is 9.75. The van der Waals surface area contributed by atoms with E-state index in [0.717, 1.165) is 6.08 Å². The third-order valence-electron chi connectivity index (χ3n) is 2.77. The molecule has 0 atom stereocenters.